The van der Waals surface area contributed by atoms with Crippen molar-refractivity contribution in [3.8, 4) is 11.5 Å². The predicted molar refractivity (Wildman–Crippen MR) is 76.5 cm³/mol. The normalized spacial score (nSPS) is 11.4. The fourth-order valence-corrected chi connectivity index (χ4v) is 2.10. The lowest BCUT2D eigenvalue weighted by atomic mass is 10.3. The minimum absolute atomic E-state index is 0.404. The Morgan fingerprint density at radius 2 is 1.79 bits per heavy atom. The van der Waals surface area contributed by atoms with Gasteiger partial charge in [0.15, 0.2) is 0 Å². The molecule has 0 radical (unpaired) electrons. The Morgan fingerprint density at radius 3 is 2.32 bits per heavy atom. The highest BCUT2D eigenvalue weighted by atomic mass is 32.2. The molecule has 0 bridgehead atoms. The van der Waals surface area contributed by atoms with Crippen LogP contribution < -0.4 is 14.2 Å². The molecule has 1 N–H and O–H groups in total. The maximum absolute atomic E-state index is 11.9. The van der Waals surface area contributed by atoms with Crippen molar-refractivity contribution in [2.75, 3.05) is 17.9 Å². The zero-order valence-electron chi connectivity index (χ0n) is 11.8. The molecule has 0 aliphatic carbocycles. The molecule has 1 rings (SSSR count). The van der Waals surface area contributed by atoms with Gasteiger partial charge in [-0.1, -0.05) is 0 Å². The third-order valence-corrected chi connectivity index (χ3v) is 4.18. The van der Waals surface area contributed by atoms with Gasteiger partial charge in [-0.3, -0.25) is 4.72 Å². The zero-order valence-corrected chi connectivity index (χ0v) is 12.6. The van der Waals surface area contributed by atoms with Crippen molar-refractivity contribution in [3.63, 3.8) is 0 Å². The molecule has 0 spiro atoms. The molecule has 0 unspecified atom stereocenters. The molecule has 0 fully saturated rings. The van der Waals surface area contributed by atoms with Crippen LogP contribution in [0, 0.1) is 0 Å². The second-order valence-electron chi connectivity index (χ2n) is 4.22. The molecule has 0 aliphatic heterocycles. The third-order valence-electron chi connectivity index (χ3n) is 2.43. The molecule has 1 aromatic carbocycles. The fourth-order valence-electron chi connectivity index (χ4n) is 1.40. The number of hydrogen-bond acceptors (Lipinski definition) is 4. The first-order valence-electron chi connectivity index (χ1n) is 6.32. The summed E-state index contributed by atoms with van der Waals surface area (Å²) in [6.07, 6.45) is 0. The maximum atomic E-state index is 11.9. The molecule has 0 aliphatic rings. The lowest BCUT2D eigenvalue weighted by Crippen LogP contribution is -2.22. The van der Waals surface area contributed by atoms with Crippen LogP contribution >= 0.6 is 0 Å². The Bertz CT molecular complexity index is 511. The van der Waals surface area contributed by atoms with Gasteiger partial charge < -0.3 is 9.47 Å². The Kier molecular flexibility index (Phi) is 5.47. The van der Waals surface area contributed by atoms with Crippen molar-refractivity contribution in [2.24, 2.45) is 0 Å². The molecule has 0 heterocycles. The number of sulfonamides is 1. The quantitative estimate of drug-likeness (QED) is 0.837. The highest BCUT2D eigenvalue weighted by Crippen LogP contribution is 2.30. The molecule has 1 aromatic rings. The van der Waals surface area contributed by atoms with E-state index in [1.165, 1.54) is 0 Å². The van der Waals surface area contributed by atoms with E-state index < -0.39 is 15.3 Å². The highest BCUT2D eigenvalue weighted by Gasteiger charge is 2.18. The number of nitrogens with one attached hydrogen (secondary N) is 1. The van der Waals surface area contributed by atoms with Gasteiger partial charge in [0.05, 0.1) is 24.2 Å². The molecular weight excluding hydrogens is 266 g/mol. The Labute approximate surface area is 115 Å². The van der Waals surface area contributed by atoms with Crippen LogP contribution in [0.3, 0.4) is 0 Å². The van der Waals surface area contributed by atoms with E-state index in [0.29, 0.717) is 30.4 Å². The Morgan fingerprint density at radius 1 is 1.16 bits per heavy atom. The van der Waals surface area contributed by atoms with Gasteiger partial charge in [0.2, 0.25) is 10.0 Å². The molecule has 19 heavy (non-hydrogen) atoms. The zero-order chi connectivity index (χ0) is 14.5. The van der Waals surface area contributed by atoms with Crippen LogP contribution in [0.25, 0.3) is 0 Å². The van der Waals surface area contributed by atoms with Crippen LogP contribution in [0.2, 0.25) is 0 Å². The molecule has 0 amide bonds. The molecule has 0 saturated heterocycles. The average Bonchev–Trinajstić information content (AvgIpc) is 2.32. The molecule has 0 saturated carbocycles. The third kappa shape index (κ3) is 4.31. The standard InChI is InChI=1S/C13H21NO4S/c1-5-17-11-7-8-13(18-6-2)12(9-11)14-19(15,16)10(3)4/h7-10,14H,5-6H2,1-4H3. The van der Waals surface area contributed by atoms with Gasteiger partial charge in [0.1, 0.15) is 11.5 Å². The summed E-state index contributed by atoms with van der Waals surface area (Å²) in [7, 11) is -3.41. The van der Waals surface area contributed by atoms with Gasteiger partial charge in [0.25, 0.3) is 0 Å². The van der Waals surface area contributed by atoms with Crippen LogP contribution in [0.1, 0.15) is 27.7 Å². The SMILES string of the molecule is CCOc1ccc(OCC)c(NS(=O)(=O)C(C)C)c1. The van der Waals surface area contributed by atoms with Crippen molar-refractivity contribution >= 4 is 15.7 Å². The first kappa shape index (κ1) is 15.6. The minimum atomic E-state index is -3.41. The summed E-state index contributed by atoms with van der Waals surface area (Å²) in [5.74, 6) is 1.10. The Balaban J connectivity index is 3.10. The lowest BCUT2D eigenvalue weighted by Gasteiger charge is -2.16. The smallest absolute Gasteiger partial charge is 0.235 e. The number of hydrogen-bond donors (Lipinski definition) is 1. The van der Waals surface area contributed by atoms with Crippen LogP contribution in [-0.2, 0) is 10.0 Å². The second kappa shape index (κ2) is 6.65. The van der Waals surface area contributed by atoms with E-state index in [-0.39, 0.29) is 0 Å². The van der Waals surface area contributed by atoms with Gasteiger partial charge in [-0.2, -0.15) is 0 Å². The molecule has 108 valence electrons. The lowest BCUT2D eigenvalue weighted by molar-refractivity contribution is 0.332. The van der Waals surface area contributed by atoms with Crippen LogP contribution in [0.15, 0.2) is 18.2 Å². The van der Waals surface area contributed by atoms with Gasteiger partial charge in [-0.05, 0) is 39.8 Å². The summed E-state index contributed by atoms with van der Waals surface area (Å²) in [5, 5.41) is -0.516. The van der Waals surface area contributed by atoms with Crippen molar-refractivity contribution in [1.82, 2.24) is 0 Å². The molecular formula is C13H21NO4S. The van der Waals surface area contributed by atoms with E-state index in [1.807, 2.05) is 13.8 Å². The highest BCUT2D eigenvalue weighted by molar-refractivity contribution is 7.93. The van der Waals surface area contributed by atoms with Crippen LogP contribution in [0.5, 0.6) is 11.5 Å². The minimum Gasteiger partial charge on any atom is -0.494 e. The van der Waals surface area contributed by atoms with E-state index in [0.717, 1.165) is 0 Å². The molecule has 6 heteroatoms. The van der Waals surface area contributed by atoms with E-state index in [1.54, 1.807) is 32.0 Å². The van der Waals surface area contributed by atoms with Crippen molar-refractivity contribution in [3.05, 3.63) is 18.2 Å². The summed E-state index contributed by atoms with van der Waals surface area (Å²) in [6.45, 7) is 7.94. The largest absolute Gasteiger partial charge is 0.494 e. The molecule has 0 atom stereocenters. The maximum Gasteiger partial charge on any atom is 0.235 e. The average molecular weight is 287 g/mol. The fraction of sp³-hybridized carbons (Fsp3) is 0.538. The van der Waals surface area contributed by atoms with Gasteiger partial charge in [0, 0.05) is 6.07 Å². The van der Waals surface area contributed by atoms with E-state index in [9.17, 15) is 8.42 Å². The first-order chi connectivity index (χ1) is 8.90. The summed E-state index contributed by atoms with van der Waals surface area (Å²) in [5.41, 5.74) is 0.404. The molecule has 5 nitrogen and oxygen atoms in total. The number of ether oxygens (including phenoxy) is 2. The van der Waals surface area contributed by atoms with Crippen LogP contribution in [-0.4, -0.2) is 26.9 Å². The van der Waals surface area contributed by atoms with E-state index in [2.05, 4.69) is 4.72 Å². The predicted octanol–water partition coefficient (Wildman–Crippen LogP) is 2.63. The topological polar surface area (TPSA) is 64.6 Å². The van der Waals surface area contributed by atoms with Gasteiger partial charge in [-0.25, -0.2) is 8.42 Å². The van der Waals surface area contributed by atoms with E-state index >= 15 is 0 Å². The van der Waals surface area contributed by atoms with Crippen molar-refractivity contribution in [1.29, 1.82) is 0 Å². The van der Waals surface area contributed by atoms with Gasteiger partial charge >= 0.3 is 0 Å². The Hall–Kier alpha value is -1.43. The number of rotatable bonds is 7. The van der Waals surface area contributed by atoms with Gasteiger partial charge in [-0.15, -0.1) is 0 Å². The summed E-state index contributed by atoms with van der Waals surface area (Å²) in [6, 6.07) is 5.09. The second-order valence-corrected chi connectivity index (χ2v) is 6.46. The number of anilines is 1. The summed E-state index contributed by atoms with van der Waals surface area (Å²) in [4.78, 5) is 0. The van der Waals surface area contributed by atoms with Crippen LogP contribution in [0.4, 0.5) is 5.69 Å². The van der Waals surface area contributed by atoms with Crippen molar-refractivity contribution in [2.45, 2.75) is 32.9 Å². The first-order valence-corrected chi connectivity index (χ1v) is 7.86. The summed E-state index contributed by atoms with van der Waals surface area (Å²) < 4.78 is 37.2. The van der Waals surface area contributed by atoms with E-state index in [4.69, 9.17) is 9.47 Å². The van der Waals surface area contributed by atoms with Crippen molar-refractivity contribution < 1.29 is 17.9 Å². The summed E-state index contributed by atoms with van der Waals surface area (Å²) >= 11 is 0. The number of benzene rings is 1. The molecule has 0 aromatic heterocycles. The monoisotopic (exact) mass is 287 g/mol.